The van der Waals surface area contributed by atoms with Crippen LogP contribution in [-0.2, 0) is 21.7 Å². The summed E-state index contributed by atoms with van der Waals surface area (Å²) in [6.07, 6.45) is 14.9. The van der Waals surface area contributed by atoms with Crippen LogP contribution in [0.3, 0.4) is 0 Å². The first-order valence-electron chi connectivity index (χ1n) is 8.81. The van der Waals surface area contributed by atoms with Crippen LogP contribution >= 0.6 is 0 Å². The third kappa shape index (κ3) is 38.7. The Bertz CT molecular complexity index is 336. The second-order valence-electron chi connectivity index (χ2n) is 5.67. The van der Waals surface area contributed by atoms with E-state index in [1.54, 1.807) is 39.0 Å². The van der Waals surface area contributed by atoms with Gasteiger partial charge in [-0.1, -0.05) is 52.3 Å². The second kappa shape index (κ2) is 26.5. The van der Waals surface area contributed by atoms with Crippen LogP contribution in [0.5, 0.6) is 0 Å². The first-order valence-corrected chi connectivity index (χ1v) is 8.81. The molecule has 4 heteroatoms. The van der Waals surface area contributed by atoms with Crippen molar-refractivity contribution in [3.8, 4) is 0 Å². The van der Waals surface area contributed by atoms with Crippen molar-refractivity contribution < 1.29 is 37.0 Å². The molecule has 3 unspecified atom stereocenters. The predicted molar refractivity (Wildman–Crippen MR) is 104 cm³/mol. The fourth-order valence-corrected chi connectivity index (χ4v) is 1.40. The minimum absolute atomic E-state index is 0. The minimum atomic E-state index is -0.470. The zero-order chi connectivity index (χ0) is 20.1. The molecule has 0 aromatic rings. The maximum atomic E-state index is 10.1. The van der Waals surface area contributed by atoms with E-state index in [1.807, 2.05) is 0 Å². The quantitative estimate of drug-likeness (QED) is 0.377. The van der Waals surface area contributed by atoms with Crippen molar-refractivity contribution in [1.82, 2.24) is 0 Å². The number of rotatable bonds is 7. The van der Waals surface area contributed by atoms with Gasteiger partial charge >= 0.3 is 21.7 Å². The Kier molecular flexibility index (Phi) is 33.6. The zero-order valence-corrected chi connectivity index (χ0v) is 18.6. The molecule has 1 rings (SSSR count). The molecule has 0 saturated heterocycles. The monoisotopic (exact) mass is 396 g/mol. The van der Waals surface area contributed by atoms with Gasteiger partial charge in [-0.05, 0) is 19.3 Å². The SMILES string of the molecule is C=CCC(C)[O-].C=CCC(C)[O-].C=CCC(C)[O-].CCC1=[C-]CC=C1.[Ti+4]. The second-order valence-corrected chi connectivity index (χ2v) is 5.67. The molecular weight excluding hydrogens is 360 g/mol. The molecule has 0 aromatic heterocycles. The summed E-state index contributed by atoms with van der Waals surface area (Å²) < 4.78 is 0. The van der Waals surface area contributed by atoms with E-state index < -0.39 is 18.3 Å². The molecule has 0 fully saturated rings. The Morgan fingerprint density at radius 1 is 0.923 bits per heavy atom. The van der Waals surface area contributed by atoms with Crippen molar-refractivity contribution in [1.29, 1.82) is 0 Å². The van der Waals surface area contributed by atoms with Gasteiger partial charge in [0, 0.05) is 0 Å². The average Bonchev–Trinajstić information content (AvgIpc) is 3.02. The van der Waals surface area contributed by atoms with Crippen molar-refractivity contribution >= 4 is 0 Å². The van der Waals surface area contributed by atoms with Crippen LogP contribution in [0, 0.1) is 6.08 Å². The first-order chi connectivity index (χ1) is 11.7. The molecule has 0 saturated carbocycles. The maximum Gasteiger partial charge on any atom is 4.00 e. The van der Waals surface area contributed by atoms with Crippen molar-refractivity contribution in [3.05, 3.63) is 61.8 Å². The molecule has 0 radical (unpaired) electrons. The van der Waals surface area contributed by atoms with Gasteiger partial charge in [-0.15, -0.1) is 44.5 Å². The van der Waals surface area contributed by atoms with Gasteiger partial charge in [0.2, 0.25) is 0 Å². The average molecular weight is 396 g/mol. The van der Waals surface area contributed by atoms with Crippen LogP contribution in [0.2, 0.25) is 0 Å². The largest absolute Gasteiger partial charge is 4.00 e. The van der Waals surface area contributed by atoms with Crippen molar-refractivity contribution in [2.75, 3.05) is 0 Å². The van der Waals surface area contributed by atoms with E-state index in [0.29, 0.717) is 19.3 Å². The molecule has 0 bridgehead atoms. The summed E-state index contributed by atoms with van der Waals surface area (Å²) in [6.45, 7) is 17.2. The minimum Gasteiger partial charge on any atom is -0.852 e. The molecule has 0 amide bonds. The number of allylic oxidation sites excluding steroid dienone is 4. The Labute approximate surface area is 176 Å². The summed E-state index contributed by atoms with van der Waals surface area (Å²) in [7, 11) is 0. The zero-order valence-electron chi connectivity index (χ0n) is 17.0. The topological polar surface area (TPSA) is 69.2 Å². The van der Waals surface area contributed by atoms with Crippen LogP contribution < -0.4 is 15.3 Å². The molecule has 0 aliphatic heterocycles. The van der Waals surface area contributed by atoms with Gasteiger partial charge in [0.25, 0.3) is 0 Å². The maximum absolute atomic E-state index is 10.1. The number of hydrogen-bond donors (Lipinski definition) is 0. The molecule has 1 aliphatic rings. The van der Waals surface area contributed by atoms with Gasteiger partial charge in [-0.2, -0.15) is 6.08 Å². The summed E-state index contributed by atoms with van der Waals surface area (Å²) in [5, 5.41) is 30.2. The predicted octanol–water partition coefficient (Wildman–Crippen LogP) is 3.02. The van der Waals surface area contributed by atoms with E-state index in [0.717, 1.165) is 12.8 Å². The molecule has 1 aliphatic carbocycles. The van der Waals surface area contributed by atoms with Gasteiger partial charge in [0.15, 0.2) is 0 Å². The molecule has 146 valence electrons. The van der Waals surface area contributed by atoms with Crippen LogP contribution in [0.25, 0.3) is 0 Å². The van der Waals surface area contributed by atoms with E-state index in [2.05, 4.69) is 44.9 Å². The van der Waals surface area contributed by atoms with Gasteiger partial charge in [-0.3, -0.25) is 6.08 Å². The molecule has 0 spiro atoms. The van der Waals surface area contributed by atoms with Gasteiger partial charge < -0.3 is 15.3 Å². The standard InChI is InChI=1S/C7H9.3C5H9O.Ti/c1-2-7-5-3-4-6-7;3*1-3-4-5(2)6;/h3,5H,2,4H2,1H3;3*3,5H,1,4H2,2H3;/q4*-1;+4. The Balaban J connectivity index is -0.000000123. The number of hydrogen-bond acceptors (Lipinski definition) is 3. The van der Waals surface area contributed by atoms with E-state index in [9.17, 15) is 15.3 Å². The Hall–Kier alpha value is -0.706. The third-order valence-corrected chi connectivity index (χ3v) is 2.64. The summed E-state index contributed by atoms with van der Waals surface area (Å²) >= 11 is 0. The summed E-state index contributed by atoms with van der Waals surface area (Å²) in [4.78, 5) is 0. The molecule has 0 heterocycles. The van der Waals surface area contributed by atoms with Crippen molar-refractivity contribution in [2.45, 2.75) is 78.1 Å². The summed E-state index contributed by atoms with van der Waals surface area (Å²) in [5.74, 6) is 0. The van der Waals surface area contributed by atoms with Crippen molar-refractivity contribution in [3.63, 3.8) is 0 Å². The van der Waals surface area contributed by atoms with E-state index >= 15 is 0 Å². The van der Waals surface area contributed by atoms with Crippen LogP contribution in [0.4, 0.5) is 0 Å². The molecule has 26 heavy (non-hydrogen) atoms. The fourth-order valence-electron chi connectivity index (χ4n) is 1.40. The van der Waals surface area contributed by atoms with E-state index in [-0.39, 0.29) is 21.7 Å². The van der Waals surface area contributed by atoms with E-state index in [4.69, 9.17) is 0 Å². The Morgan fingerprint density at radius 3 is 1.35 bits per heavy atom. The third-order valence-electron chi connectivity index (χ3n) is 2.64. The first kappa shape index (κ1) is 32.9. The molecule has 0 aromatic carbocycles. The van der Waals surface area contributed by atoms with Crippen molar-refractivity contribution in [2.24, 2.45) is 0 Å². The van der Waals surface area contributed by atoms with Gasteiger partial charge in [0.1, 0.15) is 0 Å². The van der Waals surface area contributed by atoms with Gasteiger partial charge in [0.05, 0.1) is 0 Å². The van der Waals surface area contributed by atoms with E-state index in [1.165, 1.54) is 5.57 Å². The van der Waals surface area contributed by atoms with Gasteiger partial charge in [-0.25, -0.2) is 11.6 Å². The molecular formula is C22H36O3Ti. The molecule has 3 atom stereocenters. The molecule has 3 nitrogen and oxygen atoms in total. The fraction of sp³-hybridized carbons (Fsp3) is 0.545. The summed E-state index contributed by atoms with van der Waals surface area (Å²) in [5.41, 5.74) is 1.36. The Morgan fingerprint density at radius 2 is 1.27 bits per heavy atom. The molecule has 0 N–H and O–H groups in total. The summed E-state index contributed by atoms with van der Waals surface area (Å²) in [6, 6.07) is 0. The van der Waals surface area contributed by atoms with Crippen LogP contribution in [-0.4, -0.2) is 18.3 Å². The smallest absolute Gasteiger partial charge is 0.852 e. The van der Waals surface area contributed by atoms with Crippen LogP contribution in [0.1, 0.15) is 59.8 Å². The van der Waals surface area contributed by atoms with Crippen LogP contribution in [0.15, 0.2) is 55.7 Å². The normalized spacial score (nSPS) is 14.2.